The summed E-state index contributed by atoms with van der Waals surface area (Å²) in [5.41, 5.74) is 2.34. The fraction of sp³-hybridized carbons (Fsp3) is 0.524. The van der Waals surface area contributed by atoms with Crippen LogP contribution in [0, 0.1) is 0 Å². The van der Waals surface area contributed by atoms with Crippen LogP contribution in [0.25, 0.3) is 5.82 Å². The Kier molecular flexibility index (Phi) is 4.42. The number of aromatic nitrogens is 4. The normalized spacial score (nSPS) is 13.4. The lowest BCUT2D eigenvalue weighted by Crippen LogP contribution is -2.51. The molecule has 1 N–H and O–H groups in total. The minimum absolute atomic E-state index is 0.0115. The van der Waals surface area contributed by atoms with E-state index in [1.54, 1.807) is 11.3 Å². The molecule has 3 aromatic heterocycles. The summed E-state index contributed by atoms with van der Waals surface area (Å²) in [6.45, 7) is 17.9. The topological polar surface area (TPSA) is 37.5 Å². The Labute approximate surface area is 160 Å². The third-order valence-electron chi connectivity index (χ3n) is 4.92. The fourth-order valence-electron chi connectivity index (χ4n) is 3.03. The molecule has 0 unspecified atom stereocenters. The maximum atomic E-state index is 4.61. The van der Waals surface area contributed by atoms with E-state index < -0.39 is 0 Å². The Hall–Kier alpha value is -1.88. The molecular weight excluding hydrogens is 340 g/mol. The molecule has 3 heterocycles. The second-order valence-corrected chi connectivity index (χ2v) is 10.5. The van der Waals surface area contributed by atoms with Crippen LogP contribution in [0.3, 0.4) is 0 Å². The maximum absolute atomic E-state index is 4.61. The lowest BCUT2D eigenvalue weighted by Gasteiger charge is -2.19. The predicted octanol–water partition coefficient (Wildman–Crippen LogP) is 4.93. The van der Waals surface area contributed by atoms with E-state index >= 15 is 0 Å². The second-order valence-electron chi connectivity index (χ2n) is 9.58. The van der Waals surface area contributed by atoms with Gasteiger partial charge in [-0.1, -0.05) is 47.6 Å². The van der Waals surface area contributed by atoms with Crippen LogP contribution in [0.4, 0.5) is 0 Å². The summed E-state index contributed by atoms with van der Waals surface area (Å²) in [5.74, 6) is 0.945. The van der Waals surface area contributed by atoms with Crippen molar-refractivity contribution >= 4 is 11.3 Å². The van der Waals surface area contributed by atoms with E-state index in [1.165, 1.54) is 10.6 Å². The molecule has 0 atom stereocenters. The zero-order chi connectivity index (χ0) is 19.3. The molecule has 4 nitrogen and oxygen atoms in total. The number of nitrogens with one attached hydrogen (secondary N) is 1. The Morgan fingerprint density at radius 2 is 1.73 bits per heavy atom. The van der Waals surface area contributed by atoms with E-state index in [9.17, 15) is 0 Å². The van der Waals surface area contributed by atoms with Crippen LogP contribution in [0.2, 0.25) is 0 Å². The number of nitrogens with zero attached hydrogens (tertiary/aromatic N) is 3. The van der Waals surface area contributed by atoms with Gasteiger partial charge in [0.1, 0.15) is 11.7 Å². The molecule has 0 bridgehead atoms. The van der Waals surface area contributed by atoms with Gasteiger partial charge in [0.15, 0.2) is 5.69 Å². The lowest BCUT2D eigenvalue weighted by atomic mass is 9.92. The number of thiophene rings is 1. The van der Waals surface area contributed by atoms with Gasteiger partial charge in [0, 0.05) is 22.6 Å². The average Bonchev–Trinajstić information content (AvgIpc) is 3.24. The Morgan fingerprint density at radius 1 is 1.04 bits per heavy atom. The summed E-state index contributed by atoms with van der Waals surface area (Å²) in [6, 6.07) is 6.49. The zero-order valence-electron chi connectivity index (χ0n) is 17.2. The highest BCUT2D eigenvalue weighted by atomic mass is 32.1. The first-order valence-corrected chi connectivity index (χ1v) is 10.0. The van der Waals surface area contributed by atoms with Crippen LogP contribution in [-0.4, -0.2) is 14.8 Å². The van der Waals surface area contributed by atoms with Crippen molar-refractivity contribution in [2.45, 2.75) is 71.8 Å². The molecule has 0 amide bonds. The summed E-state index contributed by atoms with van der Waals surface area (Å²) < 4.78 is 4.53. The van der Waals surface area contributed by atoms with Gasteiger partial charge in [-0.05, 0) is 25.3 Å². The third kappa shape index (κ3) is 3.37. The van der Waals surface area contributed by atoms with E-state index in [1.807, 2.05) is 0 Å². The molecule has 0 fully saturated rings. The van der Waals surface area contributed by atoms with Gasteiger partial charge < -0.3 is 0 Å². The molecule has 3 rings (SSSR count). The van der Waals surface area contributed by atoms with Gasteiger partial charge in [-0.2, -0.15) is 4.57 Å². The van der Waals surface area contributed by atoms with E-state index in [2.05, 4.69) is 111 Å². The summed E-state index contributed by atoms with van der Waals surface area (Å²) in [7, 11) is 0. The Balaban J connectivity index is 2.14. The molecule has 0 saturated heterocycles. The van der Waals surface area contributed by atoms with E-state index in [0.717, 1.165) is 11.5 Å². The number of hydrogen-bond donors (Lipinski definition) is 1. The van der Waals surface area contributed by atoms with Crippen molar-refractivity contribution < 1.29 is 4.57 Å². The van der Waals surface area contributed by atoms with Crippen molar-refractivity contribution in [3.05, 3.63) is 52.4 Å². The molecule has 0 aliphatic rings. The first-order valence-electron chi connectivity index (χ1n) is 9.15. The summed E-state index contributed by atoms with van der Waals surface area (Å²) in [4.78, 5) is 1.34. The first kappa shape index (κ1) is 18.9. The molecule has 5 heteroatoms. The minimum Gasteiger partial charge on any atom is -0.278 e. The van der Waals surface area contributed by atoms with Crippen molar-refractivity contribution in [1.29, 1.82) is 0 Å². The number of rotatable bonds is 3. The fourth-order valence-corrected chi connectivity index (χ4v) is 3.88. The SMILES string of the molecule is CC(C)(C)c1cc(-n2c[n+](C(C)(C)c3cccs3)cc2C(C)(C)C)n[nH]1. The van der Waals surface area contributed by atoms with Gasteiger partial charge in [0.25, 0.3) is 6.33 Å². The molecule has 26 heavy (non-hydrogen) atoms. The molecule has 3 aromatic rings. The highest BCUT2D eigenvalue weighted by molar-refractivity contribution is 7.10. The number of imidazole rings is 1. The number of aromatic amines is 1. The second kappa shape index (κ2) is 6.08. The van der Waals surface area contributed by atoms with Gasteiger partial charge in [-0.3, -0.25) is 5.10 Å². The highest BCUT2D eigenvalue weighted by Gasteiger charge is 2.35. The molecule has 0 aliphatic carbocycles. The monoisotopic (exact) mass is 371 g/mol. The van der Waals surface area contributed by atoms with E-state index in [4.69, 9.17) is 0 Å². The summed E-state index contributed by atoms with van der Waals surface area (Å²) in [5, 5.41) is 9.97. The van der Waals surface area contributed by atoms with Gasteiger partial charge in [-0.25, -0.2) is 4.57 Å². The Morgan fingerprint density at radius 3 is 2.23 bits per heavy atom. The predicted molar refractivity (Wildman–Crippen MR) is 108 cm³/mol. The van der Waals surface area contributed by atoms with Gasteiger partial charge >= 0.3 is 0 Å². The van der Waals surface area contributed by atoms with Crippen LogP contribution < -0.4 is 4.57 Å². The summed E-state index contributed by atoms with van der Waals surface area (Å²) >= 11 is 1.80. The smallest absolute Gasteiger partial charge is 0.251 e. The molecule has 0 saturated carbocycles. The number of hydrogen-bond acceptors (Lipinski definition) is 2. The van der Waals surface area contributed by atoms with Crippen LogP contribution in [0.5, 0.6) is 0 Å². The number of H-pyrrole nitrogens is 1. The standard InChI is InChI=1S/C21H31N4S/c1-19(2,3)15-12-18(23-22-15)25-14-24(13-16(25)20(4,5)6)21(7,8)17-10-9-11-26-17/h9-14H,1-8H3,(H,22,23)/q+1. The molecule has 140 valence electrons. The van der Waals surface area contributed by atoms with Crippen LogP contribution >= 0.6 is 11.3 Å². The average molecular weight is 372 g/mol. The van der Waals surface area contributed by atoms with Gasteiger partial charge in [0.05, 0.1) is 4.88 Å². The van der Waals surface area contributed by atoms with E-state index in [-0.39, 0.29) is 16.4 Å². The largest absolute Gasteiger partial charge is 0.278 e. The van der Waals surface area contributed by atoms with E-state index in [0.29, 0.717) is 0 Å². The molecule has 0 aliphatic heterocycles. The van der Waals surface area contributed by atoms with Crippen molar-refractivity contribution in [3.63, 3.8) is 0 Å². The quantitative estimate of drug-likeness (QED) is 0.651. The minimum atomic E-state index is -0.109. The third-order valence-corrected chi connectivity index (χ3v) is 6.10. The van der Waals surface area contributed by atoms with Crippen molar-refractivity contribution in [2.75, 3.05) is 0 Å². The van der Waals surface area contributed by atoms with Crippen molar-refractivity contribution in [1.82, 2.24) is 14.8 Å². The maximum Gasteiger partial charge on any atom is 0.251 e. The zero-order valence-corrected chi connectivity index (χ0v) is 18.0. The van der Waals surface area contributed by atoms with Crippen LogP contribution in [-0.2, 0) is 16.4 Å². The van der Waals surface area contributed by atoms with Crippen molar-refractivity contribution in [3.8, 4) is 5.82 Å². The Bertz CT molecular complexity index is 883. The molecule has 0 spiro atoms. The van der Waals surface area contributed by atoms with Gasteiger partial charge in [-0.15, -0.1) is 16.4 Å². The van der Waals surface area contributed by atoms with Gasteiger partial charge in [0.2, 0.25) is 5.82 Å². The van der Waals surface area contributed by atoms with Crippen LogP contribution in [0.1, 0.15) is 71.7 Å². The highest BCUT2D eigenvalue weighted by Crippen LogP contribution is 2.29. The van der Waals surface area contributed by atoms with Crippen LogP contribution in [0.15, 0.2) is 36.1 Å². The summed E-state index contributed by atoms with van der Waals surface area (Å²) in [6.07, 6.45) is 4.45. The van der Waals surface area contributed by atoms with Crippen molar-refractivity contribution in [2.24, 2.45) is 0 Å². The molecule has 0 aromatic carbocycles. The lowest BCUT2D eigenvalue weighted by molar-refractivity contribution is -0.746. The molecular formula is C21H31N4S+. The first-order chi connectivity index (χ1) is 11.9. The molecule has 0 radical (unpaired) electrons.